The van der Waals surface area contributed by atoms with Crippen molar-refractivity contribution in [3.8, 4) is 0 Å². The van der Waals surface area contributed by atoms with Crippen LogP contribution < -0.4 is 10.5 Å². The Morgan fingerprint density at radius 1 is 1.40 bits per heavy atom. The number of nitrogens with two attached hydrogens (primary N) is 1. The first-order valence-corrected chi connectivity index (χ1v) is 12.6. The summed E-state index contributed by atoms with van der Waals surface area (Å²) < 4.78 is 16.9. The first-order valence-electron chi connectivity index (χ1n) is 10.2. The molecule has 0 aromatic carbocycles. The Hall–Kier alpha value is -1.88. The van der Waals surface area contributed by atoms with E-state index in [0.29, 0.717) is 10.9 Å². The van der Waals surface area contributed by atoms with Crippen molar-refractivity contribution in [3.05, 3.63) is 33.7 Å². The van der Waals surface area contributed by atoms with E-state index in [9.17, 15) is 14.1 Å². The molecule has 162 valence electrons. The molecule has 0 aliphatic heterocycles. The van der Waals surface area contributed by atoms with Gasteiger partial charge < -0.3 is 10.4 Å². The lowest BCUT2D eigenvalue weighted by Crippen LogP contribution is -2.18. The van der Waals surface area contributed by atoms with Crippen molar-refractivity contribution in [1.82, 2.24) is 9.97 Å². The van der Waals surface area contributed by atoms with Crippen LogP contribution in [-0.2, 0) is 34.8 Å². The molecule has 2 heterocycles. The molecule has 0 saturated heterocycles. The molecule has 2 aromatic heterocycles. The fourth-order valence-corrected chi connectivity index (χ4v) is 6.28. The van der Waals surface area contributed by atoms with Gasteiger partial charge in [-0.15, -0.1) is 15.7 Å². The number of nitrogens with one attached hydrogen (secondary N) is 1. The molecule has 0 saturated carbocycles. The van der Waals surface area contributed by atoms with Crippen LogP contribution in [0.2, 0.25) is 0 Å². The first kappa shape index (κ1) is 21.4. The van der Waals surface area contributed by atoms with E-state index in [1.165, 1.54) is 6.20 Å². The van der Waals surface area contributed by atoms with E-state index in [4.69, 9.17) is 10.1 Å². The number of thiazole rings is 1. The third-order valence-electron chi connectivity index (χ3n) is 5.73. The molecule has 2 aliphatic rings. The monoisotopic (exact) mass is 449 g/mol. The Labute approximate surface area is 180 Å². The molecule has 30 heavy (non-hydrogen) atoms. The fraction of sp³-hybridized carbons (Fsp3) is 0.550. The molecule has 8 nitrogen and oxygen atoms in total. The van der Waals surface area contributed by atoms with Gasteiger partial charge in [0.1, 0.15) is 14.8 Å². The number of aryl methyl sites for hydroxylation is 1. The number of carbonyl (C=O) groups is 1. The Bertz CT molecular complexity index is 1130. The molecule has 2 aromatic rings. The molecule has 1 unspecified atom stereocenters. The van der Waals surface area contributed by atoms with Gasteiger partial charge >= 0.3 is 6.03 Å². The molecule has 4 rings (SSSR count). The van der Waals surface area contributed by atoms with E-state index in [2.05, 4.69) is 21.6 Å². The summed E-state index contributed by atoms with van der Waals surface area (Å²) in [5, 5.41) is 19.2. The van der Waals surface area contributed by atoms with Crippen LogP contribution in [0.15, 0.2) is 14.8 Å². The number of nitrogens with zero attached hydrogens (tertiary/aromatic N) is 3. The molecular formula is C20H27N5O3S2. The number of hydrogen-bond donors (Lipinski definition) is 3. The van der Waals surface area contributed by atoms with Gasteiger partial charge in [-0.3, -0.25) is 4.98 Å². The minimum absolute atomic E-state index is 0.158. The van der Waals surface area contributed by atoms with Gasteiger partial charge in [-0.2, -0.15) is 0 Å². The van der Waals surface area contributed by atoms with E-state index in [1.807, 2.05) is 0 Å². The highest BCUT2D eigenvalue weighted by molar-refractivity contribution is 7.93. The van der Waals surface area contributed by atoms with Crippen molar-refractivity contribution in [3.63, 3.8) is 0 Å². The SMILES string of the molecule is CCC1CCc2c1nc1c(c2NC(=O)N=[S@@](N)(=O)c2cnc(C(C)(C)O)s2)CCC1. The third kappa shape index (κ3) is 3.89. The van der Waals surface area contributed by atoms with E-state index in [-0.39, 0.29) is 4.21 Å². The van der Waals surface area contributed by atoms with Crippen LogP contribution in [0, 0.1) is 0 Å². The van der Waals surface area contributed by atoms with Crippen molar-refractivity contribution in [2.24, 2.45) is 9.50 Å². The van der Waals surface area contributed by atoms with Gasteiger partial charge in [0, 0.05) is 17.3 Å². The zero-order chi connectivity index (χ0) is 21.7. The summed E-state index contributed by atoms with van der Waals surface area (Å²) in [5.74, 6) is 0.412. The van der Waals surface area contributed by atoms with Gasteiger partial charge in [0.25, 0.3) is 0 Å². The molecule has 10 heteroatoms. The standard InChI is InChI=1S/C20H27N5O3S2/c1-4-11-8-9-13-16(11)23-14-7-5-6-12(14)17(13)24-19(26)25-30(21,28)15-10-22-18(29-15)20(2,3)27/h10-11,27H,4-9H2,1-3H3,(H3,21,23,24,25,26,28)/t11?,30-/m1/s1. The van der Waals surface area contributed by atoms with Crippen LogP contribution in [0.5, 0.6) is 0 Å². The number of urea groups is 1. The van der Waals surface area contributed by atoms with E-state index >= 15 is 0 Å². The second kappa shape index (κ2) is 7.67. The van der Waals surface area contributed by atoms with Gasteiger partial charge in [0.2, 0.25) is 0 Å². The highest BCUT2D eigenvalue weighted by atomic mass is 32.2. The normalized spacial score (nSPS) is 19.8. The van der Waals surface area contributed by atoms with E-state index in [1.54, 1.807) is 13.8 Å². The Morgan fingerprint density at radius 3 is 2.83 bits per heavy atom. The van der Waals surface area contributed by atoms with Crippen molar-refractivity contribution in [2.75, 3.05) is 5.32 Å². The lowest BCUT2D eigenvalue weighted by Gasteiger charge is -2.16. The maximum atomic E-state index is 12.9. The van der Waals surface area contributed by atoms with Crippen molar-refractivity contribution < 1.29 is 14.1 Å². The molecule has 0 radical (unpaired) electrons. The predicted octanol–water partition coefficient (Wildman–Crippen LogP) is 3.63. The number of fused-ring (bicyclic) bond motifs is 2. The lowest BCUT2D eigenvalue weighted by atomic mass is 10.0. The van der Waals surface area contributed by atoms with Crippen LogP contribution in [-0.4, -0.2) is 25.3 Å². The average molecular weight is 450 g/mol. The highest BCUT2D eigenvalue weighted by Crippen LogP contribution is 2.42. The van der Waals surface area contributed by atoms with Crippen LogP contribution in [0.4, 0.5) is 10.5 Å². The van der Waals surface area contributed by atoms with Crippen LogP contribution in [0.3, 0.4) is 0 Å². The van der Waals surface area contributed by atoms with E-state index in [0.717, 1.165) is 78.1 Å². The van der Waals surface area contributed by atoms with Gasteiger partial charge in [-0.1, -0.05) is 6.92 Å². The van der Waals surface area contributed by atoms with Crippen LogP contribution in [0.25, 0.3) is 0 Å². The molecule has 2 aliphatic carbocycles. The third-order valence-corrected chi connectivity index (χ3v) is 8.92. The zero-order valence-corrected chi connectivity index (χ0v) is 19.0. The summed E-state index contributed by atoms with van der Waals surface area (Å²) in [4.78, 5) is 21.7. The summed E-state index contributed by atoms with van der Waals surface area (Å²) in [6, 6.07) is -0.733. The zero-order valence-electron chi connectivity index (χ0n) is 17.4. The second-order valence-electron chi connectivity index (χ2n) is 8.41. The maximum Gasteiger partial charge on any atom is 0.354 e. The molecular weight excluding hydrogens is 422 g/mol. The minimum atomic E-state index is -3.47. The van der Waals surface area contributed by atoms with Crippen molar-refractivity contribution in [2.45, 2.75) is 75.0 Å². The predicted molar refractivity (Wildman–Crippen MR) is 117 cm³/mol. The molecule has 0 bridgehead atoms. The largest absolute Gasteiger partial charge is 0.383 e. The van der Waals surface area contributed by atoms with Gasteiger partial charge in [-0.05, 0) is 63.5 Å². The minimum Gasteiger partial charge on any atom is -0.383 e. The molecule has 0 fully saturated rings. The first-order chi connectivity index (χ1) is 14.1. The molecule has 0 spiro atoms. The topological polar surface area (TPSA) is 131 Å². The summed E-state index contributed by atoms with van der Waals surface area (Å²) in [5.41, 5.74) is 3.88. The lowest BCUT2D eigenvalue weighted by molar-refractivity contribution is 0.0783. The van der Waals surface area contributed by atoms with Gasteiger partial charge in [0.15, 0.2) is 9.92 Å². The number of amides is 2. The van der Waals surface area contributed by atoms with Crippen molar-refractivity contribution in [1.29, 1.82) is 0 Å². The quantitative estimate of drug-likeness (QED) is 0.656. The van der Waals surface area contributed by atoms with Gasteiger partial charge in [0.05, 0.1) is 11.9 Å². The smallest absolute Gasteiger partial charge is 0.354 e. The average Bonchev–Trinajstić information content (AvgIpc) is 3.39. The summed E-state index contributed by atoms with van der Waals surface area (Å²) in [6.45, 7) is 5.31. The van der Waals surface area contributed by atoms with Gasteiger partial charge in [-0.25, -0.2) is 19.1 Å². The summed E-state index contributed by atoms with van der Waals surface area (Å²) in [7, 11) is -3.47. The number of rotatable bonds is 4. The van der Waals surface area contributed by atoms with Crippen molar-refractivity contribution >= 4 is 33.0 Å². The van der Waals surface area contributed by atoms with Crippen LogP contribution in [0.1, 0.15) is 73.5 Å². The number of carbonyl (C=O) groups excluding carboxylic acids is 1. The molecule has 2 atom stereocenters. The Balaban J connectivity index is 1.66. The summed E-state index contributed by atoms with van der Waals surface area (Å²) in [6.07, 6.45) is 7.00. The fourth-order valence-electron chi connectivity index (χ4n) is 4.21. The molecule has 4 N–H and O–H groups in total. The second-order valence-corrected chi connectivity index (χ2v) is 11.5. The number of hydrogen-bond acceptors (Lipinski definition) is 6. The Morgan fingerprint density at radius 2 is 2.17 bits per heavy atom. The highest BCUT2D eigenvalue weighted by Gasteiger charge is 2.31. The van der Waals surface area contributed by atoms with E-state index < -0.39 is 21.5 Å². The van der Waals surface area contributed by atoms with Crippen LogP contribution >= 0.6 is 11.3 Å². The Kier molecular flexibility index (Phi) is 5.46. The maximum absolute atomic E-state index is 12.9. The summed E-state index contributed by atoms with van der Waals surface area (Å²) >= 11 is 0.993. The number of aliphatic hydroxyl groups is 1. The number of aromatic nitrogens is 2. The number of pyridine rings is 1. The number of anilines is 1. The molecule has 2 amide bonds.